The van der Waals surface area contributed by atoms with E-state index in [9.17, 15) is 9.59 Å². The molecule has 0 saturated heterocycles. The fraction of sp³-hybridized carbons (Fsp3) is 0.333. The van der Waals surface area contributed by atoms with Crippen molar-refractivity contribution in [2.75, 3.05) is 7.05 Å². The lowest BCUT2D eigenvalue weighted by Gasteiger charge is -2.24. The van der Waals surface area contributed by atoms with Gasteiger partial charge in [0.2, 0.25) is 11.8 Å². The molecular weight excluding hydrogens is 342 g/mol. The molecule has 2 aromatic heterocycles. The van der Waals surface area contributed by atoms with Gasteiger partial charge in [0.25, 0.3) is 0 Å². The van der Waals surface area contributed by atoms with E-state index in [1.54, 1.807) is 24.3 Å². The maximum absolute atomic E-state index is 13.0. The van der Waals surface area contributed by atoms with Crippen LogP contribution in [0, 0.1) is 5.92 Å². The Morgan fingerprint density at radius 3 is 2.67 bits per heavy atom. The average molecular weight is 367 g/mol. The number of nitrogens with one attached hydrogen (secondary N) is 2. The Morgan fingerprint density at radius 1 is 1.19 bits per heavy atom. The zero-order valence-electron chi connectivity index (χ0n) is 15.9. The molecule has 0 radical (unpaired) electrons. The Bertz CT molecular complexity index is 912. The number of likely N-dealkylation sites (N-methyl/N-ethyl adjacent to an activating group) is 1. The Labute approximate surface area is 158 Å². The summed E-state index contributed by atoms with van der Waals surface area (Å²) in [4.78, 5) is 30.1. The number of hydrogen-bond donors (Lipinski definition) is 2. The molecule has 3 rings (SSSR count). The first-order valence-electron chi connectivity index (χ1n) is 9.08. The summed E-state index contributed by atoms with van der Waals surface area (Å²) in [7, 11) is 1.72. The van der Waals surface area contributed by atoms with Crippen molar-refractivity contribution >= 4 is 22.7 Å². The average Bonchev–Trinajstić information content (AvgIpc) is 3.30. The van der Waals surface area contributed by atoms with Crippen LogP contribution < -0.4 is 5.32 Å². The molecule has 2 N–H and O–H groups in total. The zero-order chi connectivity index (χ0) is 19.4. The molecule has 0 saturated carbocycles. The lowest BCUT2D eigenvalue weighted by Crippen LogP contribution is -2.49. The number of furan rings is 1. The Kier molecular flexibility index (Phi) is 5.64. The fourth-order valence-corrected chi connectivity index (χ4v) is 3.04. The van der Waals surface area contributed by atoms with Crippen LogP contribution in [0.4, 0.5) is 0 Å². The zero-order valence-corrected chi connectivity index (χ0v) is 15.9. The Morgan fingerprint density at radius 2 is 1.96 bits per heavy atom. The first-order valence-corrected chi connectivity index (χ1v) is 9.08. The van der Waals surface area contributed by atoms with Crippen LogP contribution in [0.5, 0.6) is 0 Å². The standard InChI is InChI=1S/C21H25N3O3/c1-14(2)20(25)23-19(21(26)24(3)13-16-7-6-10-27-16)11-15-12-22-18-9-5-4-8-17(15)18/h4-10,12,14,19,22H,11,13H2,1-3H3,(H,23,25). The molecule has 6 nitrogen and oxygen atoms in total. The third kappa shape index (κ3) is 4.39. The predicted octanol–water partition coefficient (Wildman–Crippen LogP) is 3.10. The molecule has 1 unspecified atom stereocenters. The van der Waals surface area contributed by atoms with E-state index < -0.39 is 6.04 Å². The van der Waals surface area contributed by atoms with Crippen LogP contribution in [-0.2, 0) is 22.6 Å². The molecular formula is C21H25N3O3. The van der Waals surface area contributed by atoms with E-state index in [2.05, 4.69) is 10.3 Å². The highest BCUT2D eigenvalue weighted by molar-refractivity contribution is 5.90. The molecule has 6 heteroatoms. The summed E-state index contributed by atoms with van der Waals surface area (Å²) in [6.45, 7) is 3.98. The SMILES string of the molecule is CC(C)C(=O)NC(Cc1c[nH]c2ccccc12)C(=O)N(C)Cc1ccco1. The lowest BCUT2D eigenvalue weighted by molar-refractivity contribution is -0.136. The fourth-order valence-electron chi connectivity index (χ4n) is 3.04. The van der Waals surface area contributed by atoms with E-state index in [4.69, 9.17) is 4.42 Å². The van der Waals surface area contributed by atoms with Crippen LogP contribution in [0.15, 0.2) is 53.3 Å². The third-order valence-corrected chi connectivity index (χ3v) is 4.59. The number of carbonyl (C=O) groups excluding carboxylic acids is 2. The summed E-state index contributed by atoms with van der Waals surface area (Å²) in [6.07, 6.45) is 3.90. The van der Waals surface area contributed by atoms with Gasteiger partial charge in [-0.2, -0.15) is 0 Å². The van der Waals surface area contributed by atoms with Gasteiger partial charge in [-0.05, 0) is 23.8 Å². The van der Waals surface area contributed by atoms with Gasteiger partial charge in [0.15, 0.2) is 0 Å². The lowest BCUT2D eigenvalue weighted by atomic mass is 10.0. The number of carbonyl (C=O) groups is 2. The molecule has 1 aromatic carbocycles. The number of amides is 2. The van der Waals surface area contributed by atoms with Crippen molar-refractivity contribution < 1.29 is 14.0 Å². The number of benzene rings is 1. The summed E-state index contributed by atoms with van der Waals surface area (Å²) >= 11 is 0. The Hall–Kier alpha value is -3.02. The maximum Gasteiger partial charge on any atom is 0.245 e. The molecule has 2 heterocycles. The molecule has 0 bridgehead atoms. The second-order valence-electron chi connectivity index (χ2n) is 7.05. The first-order chi connectivity index (χ1) is 13.0. The van der Waals surface area contributed by atoms with Crippen LogP contribution in [0.3, 0.4) is 0 Å². The number of fused-ring (bicyclic) bond motifs is 1. The van der Waals surface area contributed by atoms with Crippen molar-refractivity contribution in [2.24, 2.45) is 5.92 Å². The van der Waals surface area contributed by atoms with E-state index in [1.807, 2.05) is 50.4 Å². The minimum Gasteiger partial charge on any atom is -0.467 e. The van der Waals surface area contributed by atoms with Gasteiger partial charge in [0, 0.05) is 36.5 Å². The van der Waals surface area contributed by atoms with Gasteiger partial charge >= 0.3 is 0 Å². The highest BCUT2D eigenvalue weighted by Crippen LogP contribution is 2.20. The number of hydrogen-bond acceptors (Lipinski definition) is 3. The summed E-state index contributed by atoms with van der Waals surface area (Å²) in [6, 6.07) is 10.9. The monoisotopic (exact) mass is 367 g/mol. The first kappa shape index (κ1) is 18.8. The number of aromatic amines is 1. The van der Waals surface area contributed by atoms with Crippen molar-refractivity contribution in [3.8, 4) is 0 Å². The Balaban J connectivity index is 1.81. The molecule has 0 fully saturated rings. The van der Waals surface area contributed by atoms with Crippen LogP contribution in [0.1, 0.15) is 25.2 Å². The van der Waals surface area contributed by atoms with Gasteiger partial charge in [0.1, 0.15) is 11.8 Å². The molecule has 0 aliphatic carbocycles. The van der Waals surface area contributed by atoms with E-state index in [0.717, 1.165) is 16.5 Å². The normalized spacial score (nSPS) is 12.3. The van der Waals surface area contributed by atoms with E-state index in [1.165, 1.54) is 0 Å². The van der Waals surface area contributed by atoms with Gasteiger partial charge in [-0.25, -0.2) is 0 Å². The molecule has 27 heavy (non-hydrogen) atoms. The van der Waals surface area contributed by atoms with E-state index >= 15 is 0 Å². The van der Waals surface area contributed by atoms with Crippen molar-refractivity contribution in [3.63, 3.8) is 0 Å². The number of rotatable bonds is 7. The van der Waals surface area contributed by atoms with Crippen molar-refractivity contribution in [2.45, 2.75) is 32.9 Å². The van der Waals surface area contributed by atoms with E-state index in [-0.39, 0.29) is 17.7 Å². The van der Waals surface area contributed by atoms with Gasteiger partial charge in [-0.1, -0.05) is 32.0 Å². The maximum atomic E-state index is 13.0. The summed E-state index contributed by atoms with van der Waals surface area (Å²) < 4.78 is 5.33. The van der Waals surface area contributed by atoms with Crippen molar-refractivity contribution in [3.05, 3.63) is 60.2 Å². The summed E-state index contributed by atoms with van der Waals surface area (Å²) in [5, 5.41) is 3.96. The number of H-pyrrole nitrogens is 1. The third-order valence-electron chi connectivity index (χ3n) is 4.59. The van der Waals surface area contributed by atoms with Crippen LogP contribution in [-0.4, -0.2) is 34.8 Å². The van der Waals surface area contributed by atoms with Crippen LogP contribution in [0.2, 0.25) is 0 Å². The van der Waals surface area contributed by atoms with Gasteiger partial charge in [-0.3, -0.25) is 9.59 Å². The number of aromatic nitrogens is 1. The quantitative estimate of drug-likeness (QED) is 0.673. The minimum absolute atomic E-state index is 0.139. The summed E-state index contributed by atoms with van der Waals surface area (Å²) in [5.74, 6) is 0.218. The minimum atomic E-state index is -0.640. The largest absolute Gasteiger partial charge is 0.467 e. The molecule has 3 aromatic rings. The van der Waals surface area contributed by atoms with E-state index in [0.29, 0.717) is 18.7 Å². The number of nitrogens with zero attached hydrogens (tertiary/aromatic N) is 1. The van der Waals surface area contributed by atoms with Crippen LogP contribution in [0.25, 0.3) is 10.9 Å². The second kappa shape index (κ2) is 8.12. The smallest absolute Gasteiger partial charge is 0.245 e. The molecule has 0 aliphatic heterocycles. The predicted molar refractivity (Wildman–Crippen MR) is 104 cm³/mol. The van der Waals surface area contributed by atoms with Crippen LogP contribution >= 0.6 is 0 Å². The summed E-state index contributed by atoms with van der Waals surface area (Å²) in [5.41, 5.74) is 2.01. The molecule has 2 amide bonds. The highest BCUT2D eigenvalue weighted by Gasteiger charge is 2.26. The molecule has 0 aliphatic rings. The van der Waals surface area contributed by atoms with Crippen molar-refractivity contribution in [1.29, 1.82) is 0 Å². The van der Waals surface area contributed by atoms with Gasteiger partial charge < -0.3 is 19.6 Å². The van der Waals surface area contributed by atoms with Gasteiger partial charge in [0.05, 0.1) is 12.8 Å². The van der Waals surface area contributed by atoms with Gasteiger partial charge in [-0.15, -0.1) is 0 Å². The topological polar surface area (TPSA) is 78.3 Å². The molecule has 0 spiro atoms. The number of para-hydroxylation sites is 1. The van der Waals surface area contributed by atoms with Crippen molar-refractivity contribution in [1.82, 2.24) is 15.2 Å². The highest BCUT2D eigenvalue weighted by atomic mass is 16.3. The molecule has 1 atom stereocenters. The second-order valence-corrected chi connectivity index (χ2v) is 7.05. The molecule has 142 valence electrons.